The fourth-order valence-electron chi connectivity index (χ4n) is 2.96. The van der Waals surface area contributed by atoms with Gasteiger partial charge in [0.05, 0.1) is 20.3 Å². The van der Waals surface area contributed by atoms with Crippen molar-refractivity contribution in [3.63, 3.8) is 0 Å². The summed E-state index contributed by atoms with van der Waals surface area (Å²) < 4.78 is 16.3. The maximum absolute atomic E-state index is 5.64. The van der Waals surface area contributed by atoms with Crippen molar-refractivity contribution in [3.05, 3.63) is 35.7 Å². The van der Waals surface area contributed by atoms with E-state index in [0.29, 0.717) is 12.3 Å². The van der Waals surface area contributed by atoms with E-state index in [1.165, 1.54) is 0 Å². The SMILES string of the molecule is COc1ccc(CNc2cc(NCC3CCCO3)nc(C)n2)cc1OC. The summed E-state index contributed by atoms with van der Waals surface area (Å²) in [5.41, 5.74) is 1.08. The first kappa shape index (κ1) is 18.3. The van der Waals surface area contributed by atoms with Gasteiger partial charge in [0.1, 0.15) is 17.5 Å². The average molecular weight is 358 g/mol. The van der Waals surface area contributed by atoms with Crippen molar-refractivity contribution in [2.24, 2.45) is 0 Å². The third-order valence-corrected chi connectivity index (χ3v) is 4.29. The standard InChI is InChI=1S/C19H26N4O3/c1-13-22-18(10-19(23-13)21-12-15-5-4-8-26-15)20-11-14-6-7-16(24-2)17(9-14)25-3/h6-7,9-10,15H,4-5,8,11-12H2,1-3H3,(H2,20,21,22,23). The molecule has 1 unspecified atom stereocenters. The summed E-state index contributed by atoms with van der Waals surface area (Å²) in [5, 5.41) is 6.69. The molecule has 1 aliphatic rings. The Morgan fingerprint density at radius 1 is 1.08 bits per heavy atom. The van der Waals surface area contributed by atoms with Crippen molar-refractivity contribution >= 4 is 11.6 Å². The van der Waals surface area contributed by atoms with Gasteiger partial charge in [-0.15, -0.1) is 0 Å². The van der Waals surface area contributed by atoms with Crippen LogP contribution in [0.3, 0.4) is 0 Å². The average Bonchev–Trinajstić information content (AvgIpc) is 3.17. The quantitative estimate of drug-likeness (QED) is 0.751. The molecular formula is C19H26N4O3. The molecule has 0 saturated carbocycles. The molecule has 1 aromatic carbocycles. The van der Waals surface area contributed by atoms with Gasteiger partial charge in [-0.05, 0) is 37.5 Å². The van der Waals surface area contributed by atoms with Crippen molar-refractivity contribution in [1.82, 2.24) is 9.97 Å². The van der Waals surface area contributed by atoms with Crippen molar-refractivity contribution in [1.29, 1.82) is 0 Å². The van der Waals surface area contributed by atoms with Crippen LogP contribution >= 0.6 is 0 Å². The molecule has 1 fully saturated rings. The van der Waals surface area contributed by atoms with Gasteiger partial charge in [-0.2, -0.15) is 0 Å². The number of nitrogens with zero attached hydrogens (tertiary/aromatic N) is 2. The van der Waals surface area contributed by atoms with Crippen LogP contribution in [0.1, 0.15) is 24.2 Å². The number of methoxy groups -OCH3 is 2. The van der Waals surface area contributed by atoms with Crippen molar-refractivity contribution in [3.8, 4) is 11.5 Å². The molecule has 7 heteroatoms. The van der Waals surface area contributed by atoms with E-state index in [1.807, 2.05) is 31.2 Å². The van der Waals surface area contributed by atoms with E-state index in [9.17, 15) is 0 Å². The Balaban J connectivity index is 1.62. The number of aryl methyl sites for hydroxylation is 1. The first-order chi connectivity index (χ1) is 12.7. The fraction of sp³-hybridized carbons (Fsp3) is 0.474. The lowest BCUT2D eigenvalue weighted by molar-refractivity contribution is 0.120. The zero-order valence-electron chi connectivity index (χ0n) is 15.5. The van der Waals surface area contributed by atoms with Crippen molar-refractivity contribution in [2.45, 2.75) is 32.4 Å². The van der Waals surface area contributed by atoms with Crippen LogP contribution in [-0.4, -0.2) is 43.4 Å². The maximum atomic E-state index is 5.64. The summed E-state index contributed by atoms with van der Waals surface area (Å²) in [4.78, 5) is 8.90. The number of ether oxygens (including phenoxy) is 3. The molecule has 2 heterocycles. The van der Waals surface area contributed by atoms with Gasteiger partial charge in [-0.1, -0.05) is 6.07 Å². The van der Waals surface area contributed by atoms with Gasteiger partial charge >= 0.3 is 0 Å². The smallest absolute Gasteiger partial charge is 0.161 e. The number of hydrogen-bond acceptors (Lipinski definition) is 7. The highest BCUT2D eigenvalue weighted by Crippen LogP contribution is 2.27. The van der Waals surface area contributed by atoms with Gasteiger partial charge in [-0.25, -0.2) is 9.97 Å². The summed E-state index contributed by atoms with van der Waals surface area (Å²) in [6.07, 6.45) is 2.50. The van der Waals surface area contributed by atoms with E-state index in [1.54, 1.807) is 14.2 Å². The molecule has 2 aromatic rings. The molecule has 3 rings (SSSR count). The second kappa shape index (κ2) is 8.71. The molecule has 7 nitrogen and oxygen atoms in total. The van der Waals surface area contributed by atoms with Crippen LogP contribution in [0.2, 0.25) is 0 Å². The van der Waals surface area contributed by atoms with Gasteiger partial charge in [0.25, 0.3) is 0 Å². The van der Waals surface area contributed by atoms with E-state index >= 15 is 0 Å². The van der Waals surface area contributed by atoms with E-state index in [0.717, 1.165) is 54.8 Å². The lowest BCUT2D eigenvalue weighted by Crippen LogP contribution is -2.19. The fourth-order valence-corrected chi connectivity index (χ4v) is 2.96. The Morgan fingerprint density at radius 3 is 2.54 bits per heavy atom. The Morgan fingerprint density at radius 2 is 1.85 bits per heavy atom. The minimum atomic E-state index is 0.272. The Labute approximate surface area is 154 Å². The molecule has 26 heavy (non-hydrogen) atoms. The van der Waals surface area contributed by atoms with Gasteiger partial charge in [-0.3, -0.25) is 0 Å². The van der Waals surface area contributed by atoms with Crippen LogP contribution in [0.5, 0.6) is 11.5 Å². The number of aromatic nitrogens is 2. The van der Waals surface area contributed by atoms with Gasteiger partial charge < -0.3 is 24.8 Å². The van der Waals surface area contributed by atoms with Crippen LogP contribution in [-0.2, 0) is 11.3 Å². The second-order valence-corrected chi connectivity index (χ2v) is 6.24. The van der Waals surface area contributed by atoms with E-state index in [4.69, 9.17) is 14.2 Å². The topological polar surface area (TPSA) is 77.5 Å². The zero-order chi connectivity index (χ0) is 18.4. The van der Waals surface area contributed by atoms with Crippen molar-refractivity contribution < 1.29 is 14.2 Å². The van der Waals surface area contributed by atoms with Gasteiger partial charge in [0.2, 0.25) is 0 Å². The number of anilines is 2. The molecule has 1 atom stereocenters. The minimum Gasteiger partial charge on any atom is -0.493 e. The predicted molar refractivity (Wildman–Crippen MR) is 101 cm³/mol. The molecule has 1 saturated heterocycles. The van der Waals surface area contributed by atoms with Gasteiger partial charge in [0.15, 0.2) is 11.5 Å². The summed E-state index contributed by atoms with van der Waals surface area (Å²) in [6, 6.07) is 7.77. The van der Waals surface area contributed by atoms with Crippen LogP contribution in [0.15, 0.2) is 24.3 Å². The summed E-state index contributed by atoms with van der Waals surface area (Å²) in [6.45, 7) is 4.14. The first-order valence-corrected chi connectivity index (χ1v) is 8.84. The maximum Gasteiger partial charge on any atom is 0.161 e. The Hall–Kier alpha value is -2.54. The molecule has 0 bridgehead atoms. The highest BCUT2D eigenvalue weighted by Gasteiger charge is 2.15. The number of hydrogen-bond donors (Lipinski definition) is 2. The zero-order valence-corrected chi connectivity index (χ0v) is 15.5. The molecule has 1 aromatic heterocycles. The molecule has 0 amide bonds. The molecular weight excluding hydrogens is 332 g/mol. The summed E-state index contributed by atoms with van der Waals surface area (Å²) in [7, 11) is 3.26. The molecule has 140 valence electrons. The number of benzene rings is 1. The normalized spacial score (nSPS) is 16.3. The summed E-state index contributed by atoms with van der Waals surface area (Å²) in [5.74, 6) is 3.74. The minimum absolute atomic E-state index is 0.272. The van der Waals surface area contributed by atoms with E-state index < -0.39 is 0 Å². The van der Waals surface area contributed by atoms with Crippen LogP contribution in [0, 0.1) is 6.92 Å². The first-order valence-electron chi connectivity index (χ1n) is 8.84. The highest BCUT2D eigenvalue weighted by molar-refractivity contribution is 5.49. The largest absolute Gasteiger partial charge is 0.493 e. The molecule has 1 aliphatic heterocycles. The Kier molecular flexibility index (Phi) is 6.12. The molecule has 0 spiro atoms. The number of rotatable bonds is 8. The molecule has 0 radical (unpaired) electrons. The van der Waals surface area contributed by atoms with Crippen LogP contribution in [0.4, 0.5) is 11.6 Å². The third-order valence-electron chi connectivity index (χ3n) is 4.29. The van der Waals surface area contributed by atoms with Crippen LogP contribution < -0.4 is 20.1 Å². The van der Waals surface area contributed by atoms with Crippen LogP contribution in [0.25, 0.3) is 0 Å². The number of nitrogens with one attached hydrogen (secondary N) is 2. The predicted octanol–water partition coefficient (Wildman–Crippen LogP) is 3.01. The molecule has 0 aliphatic carbocycles. The Bertz CT molecular complexity index is 733. The third kappa shape index (κ3) is 4.76. The lowest BCUT2D eigenvalue weighted by atomic mass is 10.2. The van der Waals surface area contributed by atoms with E-state index in [2.05, 4.69) is 20.6 Å². The molecule has 2 N–H and O–H groups in total. The summed E-state index contributed by atoms with van der Waals surface area (Å²) >= 11 is 0. The van der Waals surface area contributed by atoms with Gasteiger partial charge in [0, 0.05) is 25.8 Å². The monoisotopic (exact) mass is 358 g/mol. The van der Waals surface area contributed by atoms with Crippen molar-refractivity contribution in [2.75, 3.05) is 38.0 Å². The second-order valence-electron chi connectivity index (χ2n) is 6.24. The highest BCUT2D eigenvalue weighted by atomic mass is 16.5. The lowest BCUT2D eigenvalue weighted by Gasteiger charge is -2.14. The van der Waals surface area contributed by atoms with E-state index in [-0.39, 0.29) is 6.10 Å².